The summed E-state index contributed by atoms with van der Waals surface area (Å²) in [5.74, 6) is -4.59. The van der Waals surface area contributed by atoms with Crippen molar-refractivity contribution in [2.45, 2.75) is 64.1 Å². The first-order chi connectivity index (χ1) is 12.4. The first kappa shape index (κ1) is 24.3. The molecule has 0 heterocycles. The van der Waals surface area contributed by atoms with Crippen molar-refractivity contribution in [1.82, 2.24) is 10.6 Å². The molecule has 0 saturated heterocycles. The summed E-state index contributed by atoms with van der Waals surface area (Å²) < 4.78 is 0. The molecule has 3 atom stereocenters. The minimum absolute atomic E-state index is 0.00908. The molecule has 0 aromatic heterocycles. The number of nitrogens with one attached hydrogen (secondary N) is 2. The van der Waals surface area contributed by atoms with E-state index in [9.17, 15) is 24.0 Å². The van der Waals surface area contributed by atoms with Crippen molar-refractivity contribution in [2.24, 2.45) is 17.4 Å². The fourth-order valence-electron chi connectivity index (χ4n) is 2.21. The van der Waals surface area contributed by atoms with E-state index < -0.39 is 47.8 Å². The van der Waals surface area contributed by atoms with Gasteiger partial charge in [0.25, 0.3) is 0 Å². The maximum Gasteiger partial charge on any atom is 0.326 e. The third kappa shape index (κ3) is 10.8. The van der Waals surface area contributed by atoms with Crippen LogP contribution in [0.3, 0.4) is 0 Å². The SMILES string of the molecule is CC(C)CC(NC(=O)C(N)CCC(=O)O)C(=O)NC(CCC(N)=O)C(=O)O. The second-order valence-electron chi connectivity index (χ2n) is 6.63. The standard InChI is InChI=1S/C16H28N4O7/c1-8(2)7-11(20-14(24)9(17)3-6-13(22)23)15(25)19-10(16(26)27)4-5-12(18)21/h8-11H,3-7,17H2,1-2H3,(H2,18,21)(H,19,25)(H,20,24)(H,22,23)(H,26,27). The number of aliphatic carboxylic acids is 2. The van der Waals surface area contributed by atoms with Gasteiger partial charge in [-0.15, -0.1) is 0 Å². The lowest BCUT2D eigenvalue weighted by molar-refractivity contribution is -0.142. The highest BCUT2D eigenvalue weighted by Gasteiger charge is 2.28. The molecule has 0 saturated carbocycles. The highest BCUT2D eigenvalue weighted by molar-refractivity contribution is 5.92. The molecule has 0 aliphatic carbocycles. The van der Waals surface area contributed by atoms with Crippen LogP contribution in [0, 0.1) is 5.92 Å². The van der Waals surface area contributed by atoms with Crippen LogP contribution in [0.15, 0.2) is 0 Å². The molecule has 0 aromatic rings. The lowest BCUT2D eigenvalue weighted by Gasteiger charge is -2.24. The quantitative estimate of drug-likeness (QED) is 0.220. The van der Waals surface area contributed by atoms with Crippen LogP contribution in [0.2, 0.25) is 0 Å². The van der Waals surface area contributed by atoms with Crippen LogP contribution in [-0.2, 0) is 24.0 Å². The first-order valence-electron chi connectivity index (χ1n) is 8.53. The average molecular weight is 388 g/mol. The van der Waals surface area contributed by atoms with Gasteiger partial charge in [-0.2, -0.15) is 0 Å². The number of carbonyl (C=O) groups excluding carboxylic acids is 3. The summed E-state index contributed by atoms with van der Waals surface area (Å²) in [5.41, 5.74) is 10.6. The molecule has 3 amide bonds. The van der Waals surface area contributed by atoms with Crippen LogP contribution in [0.25, 0.3) is 0 Å². The number of carboxylic acid groups (broad SMARTS) is 2. The molecular formula is C16H28N4O7. The lowest BCUT2D eigenvalue weighted by atomic mass is 10.0. The summed E-state index contributed by atoms with van der Waals surface area (Å²) >= 11 is 0. The first-order valence-corrected chi connectivity index (χ1v) is 8.53. The van der Waals surface area contributed by atoms with E-state index in [0.717, 1.165) is 0 Å². The molecule has 0 aromatic carbocycles. The van der Waals surface area contributed by atoms with Crippen molar-refractivity contribution in [3.63, 3.8) is 0 Å². The van der Waals surface area contributed by atoms with Gasteiger partial charge >= 0.3 is 11.9 Å². The molecule has 154 valence electrons. The number of amides is 3. The molecule has 0 aliphatic rings. The van der Waals surface area contributed by atoms with E-state index in [0.29, 0.717) is 0 Å². The topological polar surface area (TPSA) is 202 Å². The molecule has 3 unspecified atom stereocenters. The Morgan fingerprint density at radius 1 is 0.889 bits per heavy atom. The molecule has 8 N–H and O–H groups in total. The van der Waals surface area contributed by atoms with Crippen molar-refractivity contribution in [3.05, 3.63) is 0 Å². The van der Waals surface area contributed by atoms with E-state index in [-0.39, 0.29) is 38.0 Å². The van der Waals surface area contributed by atoms with E-state index in [4.69, 9.17) is 21.7 Å². The molecule has 0 radical (unpaired) electrons. The zero-order valence-electron chi connectivity index (χ0n) is 15.4. The highest BCUT2D eigenvalue weighted by Crippen LogP contribution is 2.08. The minimum atomic E-state index is -1.34. The Kier molecular flexibility index (Phi) is 10.7. The van der Waals surface area contributed by atoms with E-state index >= 15 is 0 Å². The Morgan fingerprint density at radius 3 is 1.89 bits per heavy atom. The van der Waals surface area contributed by atoms with E-state index in [2.05, 4.69) is 10.6 Å². The van der Waals surface area contributed by atoms with Gasteiger partial charge in [0.15, 0.2) is 0 Å². The van der Waals surface area contributed by atoms with Crippen LogP contribution in [0.1, 0.15) is 46.0 Å². The van der Waals surface area contributed by atoms with Gasteiger partial charge in [0.2, 0.25) is 17.7 Å². The van der Waals surface area contributed by atoms with Crippen LogP contribution < -0.4 is 22.1 Å². The highest BCUT2D eigenvalue weighted by atomic mass is 16.4. The maximum atomic E-state index is 12.4. The van der Waals surface area contributed by atoms with E-state index in [1.807, 2.05) is 0 Å². The second-order valence-corrected chi connectivity index (χ2v) is 6.63. The number of carboxylic acids is 2. The predicted octanol–water partition coefficient (Wildman–Crippen LogP) is -1.46. The molecule has 0 bridgehead atoms. The lowest BCUT2D eigenvalue weighted by Crippen LogP contribution is -2.54. The molecular weight excluding hydrogens is 360 g/mol. The van der Waals surface area contributed by atoms with Gasteiger partial charge in [0.1, 0.15) is 12.1 Å². The number of hydrogen-bond acceptors (Lipinski definition) is 6. The third-order valence-corrected chi connectivity index (χ3v) is 3.64. The van der Waals surface area contributed by atoms with Crippen molar-refractivity contribution in [3.8, 4) is 0 Å². The van der Waals surface area contributed by atoms with Gasteiger partial charge in [0.05, 0.1) is 6.04 Å². The Hall–Kier alpha value is -2.69. The van der Waals surface area contributed by atoms with Crippen molar-refractivity contribution < 1.29 is 34.2 Å². The monoisotopic (exact) mass is 388 g/mol. The Labute approximate surface area is 156 Å². The Morgan fingerprint density at radius 2 is 1.44 bits per heavy atom. The Bertz CT molecular complexity index is 565. The summed E-state index contributed by atoms with van der Waals surface area (Å²) in [7, 11) is 0. The van der Waals surface area contributed by atoms with Gasteiger partial charge in [-0.1, -0.05) is 13.8 Å². The summed E-state index contributed by atoms with van der Waals surface area (Å²) in [6, 6.07) is -3.50. The zero-order chi connectivity index (χ0) is 21.1. The molecule has 11 heteroatoms. The van der Waals surface area contributed by atoms with Crippen molar-refractivity contribution in [2.75, 3.05) is 0 Å². The fourth-order valence-corrected chi connectivity index (χ4v) is 2.21. The number of carbonyl (C=O) groups is 5. The van der Waals surface area contributed by atoms with Gasteiger partial charge in [-0.05, 0) is 25.2 Å². The molecule has 0 fully saturated rings. The third-order valence-electron chi connectivity index (χ3n) is 3.64. The number of hydrogen-bond donors (Lipinski definition) is 6. The van der Waals surface area contributed by atoms with Crippen molar-refractivity contribution >= 4 is 29.7 Å². The van der Waals surface area contributed by atoms with Gasteiger partial charge in [0, 0.05) is 12.8 Å². The van der Waals surface area contributed by atoms with E-state index in [1.165, 1.54) is 0 Å². The fraction of sp³-hybridized carbons (Fsp3) is 0.688. The molecule has 11 nitrogen and oxygen atoms in total. The Balaban J connectivity index is 5.01. The van der Waals surface area contributed by atoms with Gasteiger partial charge in [-0.3, -0.25) is 19.2 Å². The smallest absolute Gasteiger partial charge is 0.326 e. The van der Waals surface area contributed by atoms with Crippen LogP contribution in [-0.4, -0.2) is 58.0 Å². The normalized spacial score (nSPS) is 14.1. The van der Waals surface area contributed by atoms with Crippen LogP contribution >= 0.6 is 0 Å². The minimum Gasteiger partial charge on any atom is -0.481 e. The average Bonchev–Trinajstić information content (AvgIpc) is 2.54. The molecule has 0 rings (SSSR count). The number of nitrogens with two attached hydrogens (primary N) is 2. The van der Waals surface area contributed by atoms with Crippen molar-refractivity contribution in [1.29, 1.82) is 0 Å². The second kappa shape index (κ2) is 11.8. The molecule has 27 heavy (non-hydrogen) atoms. The number of rotatable bonds is 13. The molecule has 0 aliphatic heterocycles. The largest absolute Gasteiger partial charge is 0.481 e. The molecule has 0 spiro atoms. The summed E-state index contributed by atoms with van der Waals surface area (Å²) in [6.45, 7) is 3.61. The van der Waals surface area contributed by atoms with E-state index in [1.54, 1.807) is 13.8 Å². The number of primary amides is 1. The summed E-state index contributed by atoms with van der Waals surface area (Å²) in [4.78, 5) is 57.1. The van der Waals surface area contributed by atoms with Crippen LogP contribution in [0.4, 0.5) is 0 Å². The maximum absolute atomic E-state index is 12.4. The summed E-state index contributed by atoms with van der Waals surface area (Å²) in [6.07, 6.45) is -0.599. The van der Waals surface area contributed by atoms with Gasteiger partial charge < -0.3 is 32.3 Å². The summed E-state index contributed by atoms with van der Waals surface area (Å²) in [5, 5.41) is 22.5. The van der Waals surface area contributed by atoms with Crippen LogP contribution in [0.5, 0.6) is 0 Å². The zero-order valence-corrected chi connectivity index (χ0v) is 15.4. The van der Waals surface area contributed by atoms with Gasteiger partial charge in [-0.25, -0.2) is 4.79 Å². The predicted molar refractivity (Wildman–Crippen MR) is 94.2 cm³/mol.